The van der Waals surface area contributed by atoms with E-state index in [4.69, 9.17) is 9.84 Å². The highest BCUT2D eigenvalue weighted by Gasteiger charge is 2.33. The summed E-state index contributed by atoms with van der Waals surface area (Å²) in [6.45, 7) is 4.72. The minimum Gasteiger partial charge on any atom is -0.492 e. The Morgan fingerprint density at radius 2 is 2.24 bits per heavy atom. The quantitative estimate of drug-likeness (QED) is 0.801. The number of benzene rings is 1. The van der Waals surface area contributed by atoms with Crippen molar-refractivity contribution in [3.8, 4) is 5.75 Å². The van der Waals surface area contributed by atoms with Gasteiger partial charge >= 0.3 is 5.97 Å². The molecule has 0 amide bonds. The summed E-state index contributed by atoms with van der Waals surface area (Å²) in [5.41, 5.74) is 1.50. The number of hydrogen-bond acceptors (Lipinski definition) is 4. The van der Waals surface area contributed by atoms with E-state index >= 15 is 0 Å². The molecule has 1 aliphatic heterocycles. The number of nitrogens with one attached hydrogen (secondary N) is 1. The molecule has 0 spiro atoms. The first kappa shape index (κ1) is 13.6. The van der Waals surface area contributed by atoms with Gasteiger partial charge in [0.2, 0.25) is 0 Å². The highest BCUT2D eigenvalue weighted by molar-refractivity contribution is 5.86. The third-order valence-corrected chi connectivity index (χ3v) is 3.78. The predicted molar refractivity (Wildman–Crippen MR) is 74.6 cm³/mol. The molecule has 3 rings (SSSR count). The smallest absolute Gasteiger partial charge is 0.356 e. The van der Waals surface area contributed by atoms with Crippen molar-refractivity contribution < 1.29 is 19.7 Å². The molecular weight excluding hydrogens is 272 g/mol. The van der Waals surface area contributed by atoms with Crippen molar-refractivity contribution in [2.24, 2.45) is 0 Å². The van der Waals surface area contributed by atoms with Crippen LogP contribution in [-0.4, -0.2) is 32.8 Å². The molecule has 1 unspecified atom stereocenters. The van der Waals surface area contributed by atoms with Gasteiger partial charge in [-0.15, -0.1) is 0 Å². The Kier molecular flexibility index (Phi) is 2.98. The maximum absolute atomic E-state index is 11.1. The summed E-state index contributed by atoms with van der Waals surface area (Å²) in [6.07, 6.45) is 0.197. The molecule has 2 aromatic rings. The molecule has 0 radical (unpaired) electrons. The Balaban J connectivity index is 2.02. The minimum atomic E-state index is -1.17. The number of rotatable bonds is 3. The monoisotopic (exact) mass is 288 g/mol. The second kappa shape index (κ2) is 4.60. The van der Waals surface area contributed by atoms with Crippen molar-refractivity contribution in [1.82, 2.24) is 9.97 Å². The number of aromatic carboxylic acids is 1. The van der Waals surface area contributed by atoms with E-state index in [1.807, 2.05) is 6.07 Å². The number of imidazole rings is 1. The lowest BCUT2D eigenvalue weighted by atomic mass is 9.85. The van der Waals surface area contributed by atoms with Crippen LogP contribution in [0, 0.1) is 0 Å². The van der Waals surface area contributed by atoms with Crippen LogP contribution < -0.4 is 4.74 Å². The van der Waals surface area contributed by atoms with E-state index in [1.165, 1.54) is 6.33 Å². The fourth-order valence-corrected chi connectivity index (χ4v) is 2.56. The van der Waals surface area contributed by atoms with Crippen molar-refractivity contribution in [2.75, 3.05) is 6.61 Å². The lowest BCUT2D eigenvalue weighted by Gasteiger charge is -2.17. The van der Waals surface area contributed by atoms with E-state index in [-0.39, 0.29) is 16.8 Å². The Bertz CT molecular complexity index is 705. The second-order valence-corrected chi connectivity index (χ2v) is 5.80. The van der Waals surface area contributed by atoms with Gasteiger partial charge in [-0.25, -0.2) is 9.78 Å². The van der Waals surface area contributed by atoms with Crippen LogP contribution in [0.25, 0.3) is 0 Å². The van der Waals surface area contributed by atoms with Gasteiger partial charge in [0.15, 0.2) is 5.69 Å². The number of carboxylic acids is 1. The largest absolute Gasteiger partial charge is 0.492 e. The summed E-state index contributed by atoms with van der Waals surface area (Å²) in [5, 5.41) is 19.5. The average Bonchev–Trinajstić information content (AvgIpc) is 3.03. The van der Waals surface area contributed by atoms with Gasteiger partial charge in [-0.1, -0.05) is 19.9 Å². The highest BCUT2D eigenvalue weighted by atomic mass is 16.5. The van der Waals surface area contributed by atoms with E-state index in [2.05, 4.69) is 23.8 Å². The molecule has 110 valence electrons. The van der Waals surface area contributed by atoms with Gasteiger partial charge in [0, 0.05) is 11.0 Å². The van der Waals surface area contributed by atoms with Crippen molar-refractivity contribution >= 4 is 5.97 Å². The molecular formula is C15H16N2O4. The molecule has 1 aromatic heterocycles. The third-order valence-electron chi connectivity index (χ3n) is 3.78. The highest BCUT2D eigenvalue weighted by Crippen LogP contribution is 2.40. The number of H-pyrrole nitrogens is 1. The zero-order valence-electron chi connectivity index (χ0n) is 11.8. The molecule has 6 nitrogen and oxygen atoms in total. The van der Waals surface area contributed by atoms with Crippen LogP contribution in [0.5, 0.6) is 5.75 Å². The van der Waals surface area contributed by atoms with Crippen LogP contribution in [0.15, 0.2) is 24.5 Å². The number of fused-ring (bicyclic) bond motifs is 1. The number of carboxylic acid groups (broad SMARTS) is 1. The molecule has 2 heterocycles. The van der Waals surface area contributed by atoms with Crippen LogP contribution in [0.3, 0.4) is 0 Å². The van der Waals surface area contributed by atoms with E-state index in [0.29, 0.717) is 12.2 Å². The summed E-state index contributed by atoms with van der Waals surface area (Å²) in [7, 11) is 0. The molecule has 0 aliphatic carbocycles. The first-order valence-corrected chi connectivity index (χ1v) is 6.62. The van der Waals surface area contributed by atoms with Gasteiger partial charge in [0.1, 0.15) is 11.9 Å². The Morgan fingerprint density at radius 3 is 2.95 bits per heavy atom. The Labute approximate surface area is 121 Å². The van der Waals surface area contributed by atoms with E-state index < -0.39 is 12.1 Å². The Morgan fingerprint density at radius 1 is 1.48 bits per heavy atom. The van der Waals surface area contributed by atoms with Gasteiger partial charge in [-0.2, -0.15) is 0 Å². The van der Waals surface area contributed by atoms with Crippen LogP contribution >= 0.6 is 0 Å². The van der Waals surface area contributed by atoms with Gasteiger partial charge < -0.3 is 19.9 Å². The molecule has 0 saturated heterocycles. The number of hydrogen-bond donors (Lipinski definition) is 3. The predicted octanol–water partition coefficient (Wildman–Crippen LogP) is 1.86. The van der Waals surface area contributed by atoms with Crippen LogP contribution in [0.4, 0.5) is 0 Å². The molecule has 0 bridgehead atoms. The fraction of sp³-hybridized carbons (Fsp3) is 0.333. The van der Waals surface area contributed by atoms with E-state index in [1.54, 1.807) is 12.1 Å². The number of aliphatic hydroxyl groups excluding tert-OH is 1. The molecule has 0 saturated carbocycles. The van der Waals surface area contributed by atoms with Crippen LogP contribution in [-0.2, 0) is 5.41 Å². The number of aliphatic hydroxyl groups is 1. The van der Waals surface area contributed by atoms with Gasteiger partial charge in [-0.05, 0) is 17.7 Å². The summed E-state index contributed by atoms with van der Waals surface area (Å²) in [5.74, 6) is -0.367. The third kappa shape index (κ3) is 2.17. The Hall–Kier alpha value is -2.34. The topological polar surface area (TPSA) is 95.4 Å². The van der Waals surface area contributed by atoms with Crippen molar-refractivity contribution in [3.63, 3.8) is 0 Å². The number of ether oxygens (including phenoxy) is 1. The molecule has 1 aromatic carbocycles. The van der Waals surface area contributed by atoms with Crippen LogP contribution in [0.2, 0.25) is 0 Å². The normalized spacial score (nSPS) is 17.1. The second-order valence-electron chi connectivity index (χ2n) is 5.80. The summed E-state index contributed by atoms with van der Waals surface area (Å²) < 4.78 is 5.61. The fourth-order valence-electron chi connectivity index (χ4n) is 2.56. The van der Waals surface area contributed by atoms with E-state index in [9.17, 15) is 9.90 Å². The SMILES string of the molecule is CC1(C)COc2ccc(C(O)c3[nH]cnc3C(=O)O)cc21. The first-order valence-electron chi connectivity index (χ1n) is 6.62. The van der Waals surface area contributed by atoms with Crippen molar-refractivity contribution in [3.05, 3.63) is 47.0 Å². The summed E-state index contributed by atoms with van der Waals surface area (Å²) >= 11 is 0. The first-order chi connectivity index (χ1) is 9.90. The molecule has 6 heteroatoms. The minimum absolute atomic E-state index is 0.130. The molecule has 1 atom stereocenters. The van der Waals surface area contributed by atoms with Crippen LogP contribution in [0.1, 0.15) is 47.3 Å². The lowest BCUT2D eigenvalue weighted by molar-refractivity contribution is 0.0685. The molecule has 3 N–H and O–H groups in total. The number of carbonyl (C=O) groups is 1. The van der Waals surface area contributed by atoms with E-state index in [0.717, 1.165) is 11.3 Å². The number of nitrogens with zero attached hydrogens (tertiary/aromatic N) is 1. The molecule has 21 heavy (non-hydrogen) atoms. The molecule has 1 aliphatic rings. The summed E-state index contributed by atoms with van der Waals surface area (Å²) in [4.78, 5) is 17.5. The van der Waals surface area contributed by atoms with Crippen molar-refractivity contribution in [1.29, 1.82) is 0 Å². The molecule has 0 fully saturated rings. The maximum Gasteiger partial charge on any atom is 0.356 e. The number of aromatic amines is 1. The lowest BCUT2D eigenvalue weighted by Crippen LogP contribution is -2.18. The van der Waals surface area contributed by atoms with Crippen molar-refractivity contribution in [2.45, 2.75) is 25.4 Å². The summed E-state index contributed by atoms with van der Waals surface area (Å²) in [6, 6.07) is 5.40. The van der Waals surface area contributed by atoms with Gasteiger partial charge in [0.05, 0.1) is 18.6 Å². The zero-order valence-corrected chi connectivity index (χ0v) is 11.8. The van der Waals surface area contributed by atoms with Gasteiger partial charge in [-0.3, -0.25) is 0 Å². The standard InChI is InChI=1S/C15H16N2O4/c1-15(2)6-21-10-4-3-8(5-9(10)15)13(18)11-12(14(19)20)17-7-16-11/h3-5,7,13,18H,6H2,1-2H3,(H,16,17)(H,19,20). The zero-order chi connectivity index (χ0) is 15.2. The average molecular weight is 288 g/mol. The van der Waals surface area contributed by atoms with Gasteiger partial charge in [0.25, 0.3) is 0 Å². The maximum atomic E-state index is 11.1. The number of aromatic nitrogens is 2.